The summed E-state index contributed by atoms with van der Waals surface area (Å²) in [7, 11) is 0. The zero-order chi connectivity index (χ0) is 18.8. The number of aromatic nitrogens is 1. The minimum atomic E-state index is -0.360. The largest absolute Gasteiger partial charge is 0.467 e. The first-order valence-corrected chi connectivity index (χ1v) is 8.89. The Bertz CT molecular complexity index is 1090. The molecule has 0 saturated carbocycles. The molecule has 0 radical (unpaired) electrons. The highest BCUT2D eigenvalue weighted by Gasteiger charge is 2.21. The second-order valence-corrected chi connectivity index (χ2v) is 6.65. The molecule has 2 aromatic heterocycles. The molecular formula is C23H20N2O2. The van der Waals surface area contributed by atoms with Gasteiger partial charge >= 0.3 is 0 Å². The summed E-state index contributed by atoms with van der Waals surface area (Å²) in [5.41, 5.74) is 4.26. The number of carbonyl (C=O) groups excluding carboxylic acids is 1. The third-order valence-electron chi connectivity index (χ3n) is 4.64. The maximum atomic E-state index is 13.1. The molecular weight excluding hydrogens is 336 g/mol. The fourth-order valence-electron chi connectivity index (χ4n) is 3.25. The number of hydrogen-bond acceptors (Lipinski definition) is 3. The molecule has 4 heteroatoms. The molecule has 4 rings (SSSR count). The van der Waals surface area contributed by atoms with Gasteiger partial charge in [-0.1, -0.05) is 42.0 Å². The quantitative estimate of drug-likeness (QED) is 0.562. The number of pyridine rings is 1. The van der Waals surface area contributed by atoms with Crippen LogP contribution in [0.5, 0.6) is 0 Å². The van der Waals surface area contributed by atoms with Gasteiger partial charge in [0, 0.05) is 5.39 Å². The highest BCUT2D eigenvalue weighted by Crippen LogP contribution is 2.24. The minimum absolute atomic E-state index is 0.173. The van der Waals surface area contributed by atoms with Crippen molar-refractivity contribution in [3.8, 4) is 0 Å². The summed E-state index contributed by atoms with van der Waals surface area (Å²) in [5, 5.41) is 4.06. The number of rotatable bonds is 4. The Morgan fingerprint density at radius 2 is 1.81 bits per heavy atom. The van der Waals surface area contributed by atoms with E-state index in [2.05, 4.69) is 10.3 Å². The molecule has 1 amide bonds. The Labute approximate surface area is 157 Å². The van der Waals surface area contributed by atoms with Crippen LogP contribution in [0.2, 0.25) is 0 Å². The molecule has 0 saturated heterocycles. The molecule has 0 aliphatic heterocycles. The van der Waals surface area contributed by atoms with Crippen molar-refractivity contribution in [1.82, 2.24) is 10.3 Å². The van der Waals surface area contributed by atoms with Crippen molar-refractivity contribution in [3.05, 3.63) is 101 Å². The molecule has 2 heterocycles. The van der Waals surface area contributed by atoms with Crippen molar-refractivity contribution in [2.75, 3.05) is 0 Å². The van der Waals surface area contributed by atoms with Crippen molar-refractivity contribution in [2.45, 2.75) is 19.9 Å². The molecule has 4 aromatic rings. The van der Waals surface area contributed by atoms with Gasteiger partial charge in [-0.15, -0.1) is 0 Å². The summed E-state index contributed by atoms with van der Waals surface area (Å²) < 4.78 is 5.57. The standard InChI is InChI=1S/C23H20N2O2/c1-15-10-11-20-18(13-15)14-19(16(2)24-20)23(26)25-22(21-9-6-12-27-21)17-7-4-3-5-8-17/h3-14,22H,1-2H3,(H,25,26). The lowest BCUT2D eigenvalue weighted by Gasteiger charge is -2.18. The molecule has 0 fully saturated rings. The van der Waals surface area contributed by atoms with E-state index in [4.69, 9.17) is 4.42 Å². The van der Waals surface area contributed by atoms with Crippen LogP contribution in [-0.2, 0) is 0 Å². The first-order valence-electron chi connectivity index (χ1n) is 8.89. The van der Waals surface area contributed by atoms with Crippen LogP contribution in [0.3, 0.4) is 0 Å². The molecule has 0 spiro atoms. The zero-order valence-corrected chi connectivity index (χ0v) is 15.3. The number of aryl methyl sites for hydroxylation is 2. The van der Waals surface area contributed by atoms with Gasteiger partial charge in [0.05, 0.1) is 23.0 Å². The first kappa shape index (κ1) is 17.0. The monoisotopic (exact) mass is 356 g/mol. The van der Waals surface area contributed by atoms with Crippen LogP contribution in [0, 0.1) is 13.8 Å². The molecule has 1 atom stereocenters. The lowest BCUT2D eigenvalue weighted by Crippen LogP contribution is -2.29. The fourth-order valence-corrected chi connectivity index (χ4v) is 3.25. The van der Waals surface area contributed by atoms with Gasteiger partial charge in [-0.2, -0.15) is 0 Å². The van der Waals surface area contributed by atoms with Crippen LogP contribution in [-0.4, -0.2) is 10.9 Å². The normalized spacial score (nSPS) is 12.1. The van der Waals surface area contributed by atoms with E-state index in [9.17, 15) is 4.79 Å². The molecule has 4 nitrogen and oxygen atoms in total. The lowest BCUT2D eigenvalue weighted by atomic mass is 10.0. The SMILES string of the molecule is Cc1ccc2nc(C)c(C(=O)NC(c3ccccc3)c3ccco3)cc2c1. The number of fused-ring (bicyclic) bond motifs is 1. The topological polar surface area (TPSA) is 55.1 Å². The third kappa shape index (κ3) is 3.47. The average Bonchev–Trinajstić information content (AvgIpc) is 3.21. The molecule has 134 valence electrons. The maximum Gasteiger partial charge on any atom is 0.253 e. The Hall–Kier alpha value is -3.40. The van der Waals surface area contributed by atoms with Crippen LogP contribution in [0.15, 0.2) is 77.4 Å². The summed E-state index contributed by atoms with van der Waals surface area (Å²) in [5.74, 6) is 0.519. The first-order chi connectivity index (χ1) is 13.1. The molecule has 0 aliphatic carbocycles. The smallest absolute Gasteiger partial charge is 0.253 e. The Morgan fingerprint density at radius 3 is 2.56 bits per heavy atom. The van der Waals surface area contributed by atoms with Gasteiger partial charge in [0.25, 0.3) is 5.91 Å². The van der Waals surface area contributed by atoms with Gasteiger partial charge in [0.15, 0.2) is 0 Å². The molecule has 0 aliphatic rings. The van der Waals surface area contributed by atoms with E-state index in [1.807, 2.05) is 80.6 Å². The van der Waals surface area contributed by atoms with E-state index in [-0.39, 0.29) is 11.9 Å². The summed E-state index contributed by atoms with van der Waals surface area (Å²) >= 11 is 0. The predicted molar refractivity (Wildman–Crippen MR) is 106 cm³/mol. The van der Waals surface area contributed by atoms with Gasteiger partial charge in [0.2, 0.25) is 0 Å². The van der Waals surface area contributed by atoms with Crippen molar-refractivity contribution < 1.29 is 9.21 Å². The van der Waals surface area contributed by atoms with E-state index < -0.39 is 0 Å². The highest BCUT2D eigenvalue weighted by atomic mass is 16.3. The summed E-state index contributed by atoms with van der Waals surface area (Å²) in [6, 6.07) is 21.1. The number of amides is 1. The molecule has 2 aromatic carbocycles. The number of carbonyl (C=O) groups is 1. The number of nitrogens with zero attached hydrogens (tertiary/aromatic N) is 1. The lowest BCUT2D eigenvalue weighted by molar-refractivity contribution is 0.0938. The van der Waals surface area contributed by atoms with Crippen molar-refractivity contribution in [3.63, 3.8) is 0 Å². The van der Waals surface area contributed by atoms with Crippen LogP contribution in [0.1, 0.15) is 39.0 Å². The van der Waals surface area contributed by atoms with Crippen molar-refractivity contribution in [2.24, 2.45) is 0 Å². The van der Waals surface area contributed by atoms with Gasteiger partial charge in [-0.25, -0.2) is 0 Å². The predicted octanol–water partition coefficient (Wildman–Crippen LogP) is 4.96. The molecule has 27 heavy (non-hydrogen) atoms. The number of benzene rings is 2. The van der Waals surface area contributed by atoms with E-state index in [0.29, 0.717) is 17.0 Å². The van der Waals surface area contributed by atoms with E-state index in [1.54, 1.807) is 6.26 Å². The van der Waals surface area contributed by atoms with Crippen molar-refractivity contribution in [1.29, 1.82) is 0 Å². The van der Waals surface area contributed by atoms with Crippen LogP contribution >= 0.6 is 0 Å². The summed E-state index contributed by atoms with van der Waals surface area (Å²) in [6.45, 7) is 3.89. The number of hydrogen-bond donors (Lipinski definition) is 1. The van der Waals surface area contributed by atoms with E-state index in [1.165, 1.54) is 0 Å². The fraction of sp³-hybridized carbons (Fsp3) is 0.130. The van der Waals surface area contributed by atoms with E-state index >= 15 is 0 Å². The zero-order valence-electron chi connectivity index (χ0n) is 15.3. The van der Waals surface area contributed by atoms with Gasteiger partial charge in [-0.3, -0.25) is 9.78 Å². The van der Waals surface area contributed by atoms with Gasteiger partial charge in [0.1, 0.15) is 11.8 Å². The second-order valence-electron chi connectivity index (χ2n) is 6.65. The van der Waals surface area contributed by atoms with Crippen LogP contribution in [0.25, 0.3) is 10.9 Å². The second kappa shape index (κ2) is 7.08. The van der Waals surface area contributed by atoms with Crippen molar-refractivity contribution >= 4 is 16.8 Å². The maximum absolute atomic E-state index is 13.1. The average molecular weight is 356 g/mol. The van der Waals surface area contributed by atoms with Gasteiger partial charge < -0.3 is 9.73 Å². The van der Waals surface area contributed by atoms with Crippen LogP contribution < -0.4 is 5.32 Å². The van der Waals surface area contributed by atoms with Gasteiger partial charge in [-0.05, 0) is 49.7 Å². The number of furan rings is 1. The number of nitrogens with one attached hydrogen (secondary N) is 1. The van der Waals surface area contributed by atoms with Crippen LogP contribution in [0.4, 0.5) is 0 Å². The third-order valence-corrected chi connectivity index (χ3v) is 4.64. The molecule has 1 unspecified atom stereocenters. The minimum Gasteiger partial charge on any atom is -0.467 e. The summed E-state index contributed by atoms with van der Waals surface area (Å²) in [4.78, 5) is 17.7. The Balaban J connectivity index is 1.71. The molecule has 0 bridgehead atoms. The Kier molecular flexibility index (Phi) is 4.47. The molecule has 1 N–H and O–H groups in total. The Morgan fingerprint density at radius 1 is 1.00 bits per heavy atom. The van der Waals surface area contributed by atoms with E-state index in [0.717, 1.165) is 22.0 Å². The highest BCUT2D eigenvalue weighted by molar-refractivity contribution is 5.99. The summed E-state index contributed by atoms with van der Waals surface area (Å²) in [6.07, 6.45) is 1.61.